The Bertz CT molecular complexity index is 958. The van der Waals surface area contributed by atoms with Gasteiger partial charge in [-0.2, -0.15) is 0 Å². The van der Waals surface area contributed by atoms with Crippen LogP contribution in [0.5, 0.6) is 5.75 Å². The maximum atomic E-state index is 13.9. The van der Waals surface area contributed by atoms with E-state index in [0.717, 1.165) is 17.4 Å². The van der Waals surface area contributed by atoms with E-state index < -0.39 is 17.3 Å². The van der Waals surface area contributed by atoms with Crippen LogP contribution in [0.3, 0.4) is 0 Å². The standard InChI is InChI=1S/C19H17FN2O4/c1-26-14-4-2-11(3-5-14)9-21-18-13(10-23)6-12-7-15(19(24)25)16(20)8-17(12)22-18/h2-8,23H,9-10H2,1H3,(H,21,22)(H,24,25). The normalized spacial score (nSPS) is 10.7. The number of carboxylic acid groups (broad SMARTS) is 1. The van der Waals surface area contributed by atoms with Crippen LogP contribution in [0.25, 0.3) is 10.9 Å². The molecule has 1 heterocycles. The third-order valence-electron chi connectivity index (χ3n) is 4.00. The Morgan fingerprint density at radius 1 is 1.23 bits per heavy atom. The van der Waals surface area contributed by atoms with Crippen molar-refractivity contribution in [2.75, 3.05) is 12.4 Å². The second-order valence-electron chi connectivity index (χ2n) is 5.69. The van der Waals surface area contributed by atoms with Crippen LogP contribution in [-0.2, 0) is 13.2 Å². The molecule has 0 fully saturated rings. The molecule has 0 spiro atoms. The SMILES string of the molecule is COc1ccc(CNc2nc3cc(F)c(C(=O)O)cc3cc2CO)cc1. The van der Waals surface area contributed by atoms with E-state index in [2.05, 4.69) is 10.3 Å². The van der Waals surface area contributed by atoms with Gasteiger partial charge >= 0.3 is 5.97 Å². The molecule has 2 aromatic carbocycles. The van der Waals surface area contributed by atoms with Gasteiger partial charge in [-0.05, 0) is 29.8 Å². The smallest absolute Gasteiger partial charge is 0.338 e. The fourth-order valence-corrected chi connectivity index (χ4v) is 2.61. The molecule has 0 aliphatic heterocycles. The maximum absolute atomic E-state index is 13.9. The van der Waals surface area contributed by atoms with Gasteiger partial charge in [-0.1, -0.05) is 12.1 Å². The average Bonchev–Trinajstić information content (AvgIpc) is 2.65. The van der Waals surface area contributed by atoms with Crippen LogP contribution in [0.15, 0.2) is 42.5 Å². The van der Waals surface area contributed by atoms with Crippen molar-refractivity contribution in [2.24, 2.45) is 0 Å². The number of pyridine rings is 1. The topological polar surface area (TPSA) is 91.7 Å². The second-order valence-corrected chi connectivity index (χ2v) is 5.69. The van der Waals surface area contributed by atoms with E-state index in [0.29, 0.717) is 28.8 Å². The van der Waals surface area contributed by atoms with Crippen LogP contribution in [0.4, 0.5) is 10.2 Å². The number of benzene rings is 2. The summed E-state index contributed by atoms with van der Waals surface area (Å²) in [5, 5.41) is 22.2. The molecule has 1 aromatic heterocycles. The molecule has 3 N–H and O–H groups in total. The third-order valence-corrected chi connectivity index (χ3v) is 4.00. The van der Waals surface area contributed by atoms with E-state index in [9.17, 15) is 14.3 Å². The predicted molar refractivity (Wildman–Crippen MR) is 94.9 cm³/mol. The summed E-state index contributed by atoms with van der Waals surface area (Å²) in [7, 11) is 1.59. The van der Waals surface area contributed by atoms with Crippen molar-refractivity contribution in [1.82, 2.24) is 4.98 Å². The molecule has 0 aliphatic rings. The monoisotopic (exact) mass is 356 g/mol. The average molecular weight is 356 g/mol. The van der Waals surface area contributed by atoms with Crippen LogP contribution >= 0.6 is 0 Å². The van der Waals surface area contributed by atoms with Crippen LogP contribution < -0.4 is 10.1 Å². The minimum Gasteiger partial charge on any atom is -0.497 e. The third kappa shape index (κ3) is 3.57. The van der Waals surface area contributed by atoms with Gasteiger partial charge in [0, 0.05) is 23.6 Å². The van der Waals surface area contributed by atoms with Gasteiger partial charge in [-0.25, -0.2) is 14.2 Å². The molecule has 0 bridgehead atoms. The zero-order valence-corrected chi connectivity index (χ0v) is 14.0. The number of ether oxygens (including phenoxy) is 1. The summed E-state index contributed by atoms with van der Waals surface area (Å²) in [4.78, 5) is 15.4. The number of halogens is 1. The lowest BCUT2D eigenvalue weighted by Crippen LogP contribution is -2.06. The summed E-state index contributed by atoms with van der Waals surface area (Å²) in [5.74, 6) is -1.04. The number of rotatable bonds is 6. The van der Waals surface area contributed by atoms with Gasteiger partial charge in [0.2, 0.25) is 0 Å². The van der Waals surface area contributed by atoms with Crippen LogP contribution in [-0.4, -0.2) is 28.3 Å². The molecule has 0 atom stereocenters. The first-order valence-electron chi connectivity index (χ1n) is 7.86. The van der Waals surface area contributed by atoms with Crippen LogP contribution in [0.2, 0.25) is 0 Å². The lowest BCUT2D eigenvalue weighted by atomic mass is 10.1. The zero-order valence-electron chi connectivity index (χ0n) is 14.0. The first-order chi connectivity index (χ1) is 12.5. The molecular weight excluding hydrogens is 339 g/mol. The quantitative estimate of drug-likeness (QED) is 0.628. The summed E-state index contributed by atoms with van der Waals surface area (Å²) in [6, 6.07) is 11.4. The number of hydrogen-bond donors (Lipinski definition) is 3. The van der Waals surface area contributed by atoms with E-state index in [4.69, 9.17) is 9.84 Å². The highest BCUT2D eigenvalue weighted by Crippen LogP contribution is 2.24. The van der Waals surface area contributed by atoms with E-state index >= 15 is 0 Å². The molecule has 0 radical (unpaired) electrons. The Labute approximate surface area is 148 Å². The van der Waals surface area contributed by atoms with E-state index in [1.165, 1.54) is 6.07 Å². The molecule has 3 aromatic rings. The molecule has 0 unspecified atom stereocenters. The van der Waals surface area contributed by atoms with Gasteiger partial charge in [0.15, 0.2) is 0 Å². The van der Waals surface area contributed by atoms with E-state index in [1.807, 2.05) is 24.3 Å². The predicted octanol–water partition coefficient (Wildman–Crippen LogP) is 3.19. The fraction of sp³-hybridized carbons (Fsp3) is 0.158. The molecule has 6 nitrogen and oxygen atoms in total. The maximum Gasteiger partial charge on any atom is 0.338 e. The minimum atomic E-state index is -1.35. The van der Waals surface area contributed by atoms with Gasteiger partial charge in [0.25, 0.3) is 0 Å². The summed E-state index contributed by atoms with van der Waals surface area (Å²) >= 11 is 0. The second kappa shape index (κ2) is 7.37. The summed E-state index contributed by atoms with van der Waals surface area (Å²) in [6.07, 6.45) is 0. The Morgan fingerprint density at radius 2 is 1.96 bits per heavy atom. The number of carbonyl (C=O) groups is 1. The van der Waals surface area contributed by atoms with Crippen molar-refractivity contribution >= 4 is 22.7 Å². The molecule has 26 heavy (non-hydrogen) atoms. The Kier molecular flexibility index (Phi) is 4.99. The number of anilines is 1. The molecular formula is C19H17FN2O4. The lowest BCUT2D eigenvalue weighted by Gasteiger charge is -2.12. The van der Waals surface area contributed by atoms with Crippen LogP contribution in [0, 0.1) is 5.82 Å². The number of aromatic carboxylic acids is 1. The van der Waals surface area contributed by atoms with Crippen molar-refractivity contribution in [1.29, 1.82) is 0 Å². The van der Waals surface area contributed by atoms with Gasteiger partial charge in [0.1, 0.15) is 17.4 Å². The van der Waals surface area contributed by atoms with E-state index in [1.54, 1.807) is 13.2 Å². The molecule has 0 saturated carbocycles. The van der Waals surface area contributed by atoms with Gasteiger partial charge in [-0.3, -0.25) is 0 Å². The first kappa shape index (κ1) is 17.6. The largest absolute Gasteiger partial charge is 0.497 e. The van der Waals surface area contributed by atoms with Gasteiger partial charge in [0.05, 0.1) is 24.8 Å². The number of carboxylic acids is 1. The van der Waals surface area contributed by atoms with E-state index in [-0.39, 0.29) is 6.61 Å². The van der Waals surface area contributed by atoms with Crippen molar-refractivity contribution in [3.63, 3.8) is 0 Å². The minimum absolute atomic E-state index is 0.284. The highest BCUT2D eigenvalue weighted by atomic mass is 19.1. The van der Waals surface area contributed by atoms with Crippen molar-refractivity contribution in [3.8, 4) is 5.75 Å². The summed E-state index contributed by atoms with van der Waals surface area (Å²) in [5.41, 5.74) is 1.35. The van der Waals surface area contributed by atoms with Crippen molar-refractivity contribution < 1.29 is 24.1 Å². The molecule has 3 rings (SSSR count). The number of aromatic nitrogens is 1. The van der Waals surface area contributed by atoms with Crippen molar-refractivity contribution in [2.45, 2.75) is 13.2 Å². The number of aliphatic hydroxyl groups is 1. The number of hydrogen-bond acceptors (Lipinski definition) is 5. The highest BCUT2D eigenvalue weighted by molar-refractivity contribution is 5.94. The molecule has 0 saturated heterocycles. The van der Waals surface area contributed by atoms with Gasteiger partial charge in [-0.15, -0.1) is 0 Å². The number of nitrogens with zero attached hydrogens (tertiary/aromatic N) is 1. The van der Waals surface area contributed by atoms with Gasteiger partial charge < -0.3 is 20.3 Å². The number of fused-ring (bicyclic) bond motifs is 1. The first-order valence-corrected chi connectivity index (χ1v) is 7.86. The molecule has 0 amide bonds. The Balaban J connectivity index is 1.91. The Hall–Kier alpha value is -3.19. The number of nitrogens with one attached hydrogen (secondary N) is 1. The number of methoxy groups -OCH3 is 1. The molecule has 0 aliphatic carbocycles. The Morgan fingerprint density at radius 3 is 2.58 bits per heavy atom. The molecule has 7 heteroatoms. The van der Waals surface area contributed by atoms with Crippen molar-refractivity contribution in [3.05, 3.63) is 65.0 Å². The summed E-state index contributed by atoms with van der Waals surface area (Å²) in [6.45, 7) is 0.166. The fourth-order valence-electron chi connectivity index (χ4n) is 2.61. The summed E-state index contributed by atoms with van der Waals surface area (Å²) < 4.78 is 19.0. The zero-order chi connectivity index (χ0) is 18.7. The number of aliphatic hydroxyl groups excluding tert-OH is 1. The molecule has 134 valence electrons. The lowest BCUT2D eigenvalue weighted by molar-refractivity contribution is 0.0692. The van der Waals surface area contributed by atoms with Crippen LogP contribution in [0.1, 0.15) is 21.5 Å². The highest BCUT2D eigenvalue weighted by Gasteiger charge is 2.14.